The Hall–Kier alpha value is -5.14. The Morgan fingerprint density at radius 1 is 0.667 bits per heavy atom. The molecule has 0 fully saturated rings. The number of hydrogen-bond donors (Lipinski definition) is 0. The molecule has 0 saturated heterocycles. The Kier molecular flexibility index (Phi) is 9.83. The van der Waals surface area contributed by atoms with Crippen molar-refractivity contribution in [1.29, 1.82) is 0 Å². The zero-order valence-corrected chi connectivity index (χ0v) is 33.0. The molecule has 0 spiro atoms. The van der Waals surface area contributed by atoms with E-state index in [9.17, 15) is 0 Å². The molecular formula is C44H34GeIrN4O-2. The van der Waals surface area contributed by atoms with Gasteiger partial charge in [0.05, 0.1) is 0 Å². The van der Waals surface area contributed by atoms with Gasteiger partial charge in [-0.3, -0.25) is 0 Å². The zero-order chi connectivity index (χ0) is 34.1. The summed E-state index contributed by atoms with van der Waals surface area (Å²) in [5.41, 5.74) is 9.34. The van der Waals surface area contributed by atoms with Gasteiger partial charge in [-0.05, 0) is 11.8 Å². The molecule has 0 aliphatic carbocycles. The minimum absolute atomic E-state index is 0. The molecule has 5 aromatic carbocycles. The molecule has 9 rings (SSSR count). The normalized spacial score (nSPS) is 11.3. The van der Waals surface area contributed by atoms with Crippen LogP contribution >= 0.6 is 0 Å². The van der Waals surface area contributed by atoms with Crippen LogP contribution in [-0.4, -0.2) is 32.8 Å². The molecule has 0 amide bonds. The van der Waals surface area contributed by atoms with Gasteiger partial charge < -0.3 is 4.98 Å². The number of aromatic nitrogens is 4. The summed E-state index contributed by atoms with van der Waals surface area (Å²) in [6.07, 6.45) is 3.71. The van der Waals surface area contributed by atoms with E-state index < -0.39 is 13.3 Å². The average molecular weight is 900 g/mol. The van der Waals surface area contributed by atoms with Crippen LogP contribution in [-0.2, 0) is 20.1 Å². The molecule has 1 radical (unpaired) electrons. The minimum Gasteiger partial charge on any atom is -0.305 e. The summed E-state index contributed by atoms with van der Waals surface area (Å²) in [4.78, 5) is 14.3. The fourth-order valence-corrected chi connectivity index (χ4v) is 8.60. The van der Waals surface area contributed by atoms with Crippen molar-refractivity contribution in [2.45, 2.75) is 17.3 Å². The Morgan fingerprint density at radius 2 is 1.43 bits per heavy atom. The number of furan rings is 1. The van der Waals surface area contributed by atoms with E-state index in [1.807, 2.05) is 91.1 Å². The monoisotopic (exact) mass is 901 g/mol. The Morgan fingerprint density at radius 3 is 2.16 bits per heavy atom. The summed E-state index contributed by atoms with van der Waals surface area (Å²) < 4.78 is 10.1. The number of benzene rings is 5. The fraction of sp³-hybridized carbons (Fsp3) is 0.0682. The van der Waals surface area contributed by atoms with Crippen molar-refractivity contribution in [2.75, 3.05) is 0 Å². The van der Waals surface area contributed by atoms with Gasteiger partial charge in [-0.25, -0.2) is 0 Å². The predicted molar refractivity (Wildman–Crippen MR) is 207 cm³/mol. The molecule has 0 unspecified atom stereocenters. The smallest absolute Gasteiger partial charge is 0.0160 e. The van der Waals surface area contributed by atoms with Crippen molar-refractivity contribution < 1.29 is 24.5 Å². The van der Waals surface area contributed by atoms with Crippen LogP contribution in [0, 0.1) is 12.1 Å². The van der Waals surface area contributed by atoms with Crippen LogP contribution in [0.5, 0.6) is 0 Å². The van der Waals surface area contributed by atoms with Crippen LogP contribution < -0.4 is 4.40 Å². The maximum atomic E-state index is 6.58. The molecule has 0 aliphatic rings. The Labute approximate surface area is 313 Å². The third-order valence-electron chi connectivity index (χ3n) is 8.79. The van der Waals surface area contributed by atoms with Crippen molar-refractivity contribution in [2.24, 2.45) is 0 Å². The number of fused-ring (bicyclic) bond motifs is 4. The van der Waals surface area contributed by atoms with E-state index in [4.69, 9.17) is 14.4 Å². The van der Waals surface area contributed by atoms with Crippen molar-refractivity contribution in [3.05, 3.63) is 164 Å². The first-order valence-corrected chi connectivity index (χ1v) is 24.0. The maximum Gasteiger partial charge on any atom is 0.0160 e. The van der Waals surface area contributed by atoms with E-state index in [0.29, 0.717) is 0 Å². The second-order valence-corrected chi connectivity index (χ2v) is 23.8. The van der Waals surface area contributed by atoms with Gasteiger partial charge in [0.1, 0.15) is 0 Å². The van der Waals surface area contributed by atoms with Crippen molar-refractivity contribution in [1.82, 2.24) is 19.5 Å². The molecule has 0 atom stereocenters. The molecule has 0 aliphatic heterocycles. The topological polar surface area (TPSA) is 56.7 Å². The Bertz CT molecular complexity index is 2530. The summed E-state index contributed by atoms with van der Waals surface area (Å²) in [6, 6.07) is 53.7. The third kappa shape index (κ3) is 6.95. The molecule has 251 valence electrons. The molecule has 0 saturated carbocycles. The van der Waals surface area contributed by atoms with Crippen LogP contribution in [0.2, 0.25) is 17.3 Å². The fourth-order valence-electron chi connectivity index (χ4n) is 6.19. The molecule has 0 bridgehead atoms. The summed E-state index contributed by atoms with van der Waals surface area (Å²) in [6.45, 7) is 0. The van der Waals surface area contributed by atoms with Gasteiger partial charge in [0, 0.05) is 26.3 Å². The van der Waals surface area contributed by atoms with Gasteiger partial charge in [-0.15, -0.1) is 35.9 Å². The predicted octanol–water partition coefficient (Wildman–Crippen LogP) is 10.5. The van der Waals surface area contributed by atoms with Crippen molar-refractivity contribution >= 4 is 50.8 Å². The summed E-state index contributed by atoms with van der Waals surface area (Å²) in [5.74, 6) is 7.98. The largest absolute Gasteiger partial charge is 0.305 e. The zero-order valence-electron chi connectivity index (χ0n) is 28.5. The molecule has 7 heteroatoms. The van der Waals surface area contributed by atoms with Gasteiger partial charge in [-0.1, -0.05) is 42.5 Å². The average Bonchev–Trinajstić information content (AvgIpc) is 3.74. The molecule has 4 heterocycles. The Balaban J connectivity index is 0.000000265. The van der Waals surface area contributed by atoms with Crippen LogP contribution in [0.15, 0.2) is 156 Å². The number of pyridine rings is 2. The van der Waals surface area contributed by atoms with E-state index in [2.05, 4.69) is 93.5 Å². The second-order valence-electron chi connectivity index (χ2n) is 13.2. The molecule has 5 nitrogen and oxygen atoms in total. The summed E-state index contributed by atoms with van der Waals surface area (Å²) in [5, 5.41) is 2.20. The molecule has 4 aromatic heterocycles. The van der Waals surface area contributed by atoms with Gasteiger partial charge in [0.2, 0.25) is 0 Å². The van der Waals surface area contributed by atoms with E-state index in [-0.39, 0.29) is 20.1 Å². The number of hydrogen-bond acceptors (Lipinski definition) is 4. The second kappa shape index (κ2) is 14.6. The SMILES string of the molecule is [CH3][Ge]([CH3])([CH3])[c]1ccc2c(c1)oc1c(-c3nc4cc(-c5ccccc5)cnc4n3-c3ccccc3)[c-]ccc12.[Ir].[c-]1ccccc1-c1ccccn1. The first-order chi connectivity index (χ1) is 24.4. The van der Waals surface area contributed by atoms with Crippen molar-refractivity contribution in [3.63, 3.8) is 0 Å². The van der Waals surface area contributed by atoms with E-state index in [1.54, 1.807) is 6.20 Å². The number of para-hydroxylation sites is 1. The first-order valence-electron chi connectivity index (χ1n) is 16.7. The van der Waals surface area contributed by atoms with Crippen LogP contribution in [0.1, 0.15) is 0 Å². The molecular weight excluding hydrogens is 865 g/mol. The van der Waals surface area contributed by atoms with Gasteiger partial charge in [-0.2, -0.15) is 0 Å². The molecule has 51 heavy (non-hydrogen) atoms. The number of nitrogens with zero attached hydrogens (tertiary/aromatic N) is 4. The van der Waals surface area contributed by atoms with E-state index >= 15 is 0 Å². The van der Waals surface area contributed by atoms with Gasteiger partial charge in [0.25, 0.3) is 0 Å². The minimum atomic E-state index is -2.01. The maximum absolute atomic E-state index is 6.58. The summed E-state index contributed by atoms with van der Waals surface area (Å²) in [7, 11) is 0. The standard InChI is InChI=1S/C33H26GeN3O.C11H8N.Ir/c1-34(2,3)24-17-18-26-27-15-10-16-28(31(27)38-30(26)20-24)32-36-29-19-23(22-11-6-4-7-12-22)21-35-33(29)37(32)25-13-8-5-9-14-25;1-2-6-10(7-3-1)11-8-4-5-9-12-11;/h4-15,17-21H,1-3H3;1-6,8-9H;/q2*-1;. The summed E-state index contributed by atoms with van der Waals surface area (Å²) >= 11 is -2.01. The van der Waals surface area contributed by atoms with Crippen LogP contribution in [0.3, 0.4) is 0 Å². The quantitative estimate of drug-likeness (QED) is 0.128. The van der Waals surface area contributed by atoms with Crippen molar-refractivity contribution in [3.8, 4) is 39.5 Å². The van der Waals surface area contributed by atoms with Crippen LogP contribution in [0.25, 0.3) is 72.6 Å². The third-order valence-corrected chi connectivity index (χ3v) is 13.1. The van der Waals surface area contributed by atoms with E-state index in [0.717, 1.165) is 72.6 Å². The number of rotatable bonds is 5. The first kappa shape index (κ1) is 34.3. The van der Waals surface area contributed by atoms with Crippen LogP contribution in [0.4, 0.5) is 0 Å². The number of imidazole rings is 1. The van der Waals surface area contributed by atoms with Gasteiger partial charge in [0.15, 0.2) is 0 Å². The van der Waals surface area contributed by atoms with Gasteiger partial charge >= 0.3 is 194 Å². The molecule has 9 aromatic rings. The van der Waals surface area contributed by atoms with E-state index in [1.165, 1.54) is 4.40 Å². The molecule has 0 N–H and O–H groups in total.